The number of carbonyl (C=O) groups is 1. The van der Waals surface area contributed by atoms with Crippen LogP contribution in [0.4, 0.5) is 8.78 Å². The lowest BCUT2D eigenvalue weighted by molar-refractivity contribution is 0.0637. The topological polar surface area (TPSA) is 51.0 Å². The van der Waals surface area contributed by atoms with Crippen LogP contribution in [0, 0.1) is 23.5 Å². The van der Waals surface area contributed by atoms with Crippen LogP contribution in [-0.4, -0.2) is 24.0 Å². The van der Waals surface area contributed by atoms with Crippen LogP contribution >= 0.6 is 11.3 Å². The molecule has 24 heavy (non-hydrogen) atoms. The van der Waals surface area contributed by atoms with Gasteiger partial charge in [-0.1, -0.05) is 6.07 Å². The second-order valence-electron chi connectivity index (χ2n) is 7.35. The zero-order chi connectivity index (χ0) is 16.5. The van der Waals surface area contributed by atoms with E-state index < -0.39 is 11.6 Å². The molecule has 126 valence electrons. The third-order valence-electron chi connectivity index (χ3n) is 6.20. The quantitative estimate of drug-likeness (QED) is 0.817. The Labute approximate surface area is 142 Å². The van der Waals surface area contributed by atoms with E-state index in [2.05, 4.69) is 10.6 Å². The van der Waals surface area contributed by atoms with Gasteiger partial charge in [-0.25, -0.2) is 8.78 Å². The lowest BCUT2D eigenvalue weighted by atomic mass is 9.61. The van der Waals surface area contributed by atoms with Gasteiger partial charge in [0.25, 0.3) is 5.91 Å². The molecule has 0 radical (unpaired) electrons. The third kappa shape index (κ3) is 1.99. The van der Waals surface area contributed by atoms with Crippen LogP contribution in [-0.2, 0) is 0 Å². The standard InChI is InChI=1S/C18H18F2N2OS/c19-12-6-3-10-7-13(24-15(10)14(12)20)17(23)22-16-9-1-4-11(5-2-9)18(16)8-21-18/h3,6-7,9,11,16,21H,1-2,4-5,8H2,(H,22,23)/t9?,11?,16?,18-/m0/s1. The van der Waals surface area contributed by atoms with Crippen molar-refractivity contribution in [3.05, 3.63) is 34.7 Å². The summed E-state index contributed by atoms with van der Waals surface area (Å²) in [5, 5.41) is 7.29. The molecule has 3 aliphatic carbocycles. The molecule has 3 nitrogen and oxygen atoms in total. The minimum atomic E-state index is -0.873. The zero-order valence-corrected chi connectivity index (χ0v) is 13.9. The lowest BCUT2D eigenvalue weighted by Gasteiger charge is -2.48. The molecule has 1 amide bonds. The summed E-state index contributed by atoms with van der Waals surface area (Å²) in [6.45, 7) is 0.978. The minimum absolute atomic E-state index is 0.0882. The van der Waals surface area contributed by atoms with E-state index in [9.17, 15) is 13.6 Å². The van der Waals surface area contributed by atoms with E-state index in [0.29, 0.717) is 22.1 Å². The molecule has 2 N–H and O–H groups in total. The molecule has 6 heteroatoms. The van der Waals surface area contributed by atoms with Crippen molar-refractivity contribution in [2.75, 3.05) is 6.54 Å². The highest BCUT2D eigenvalue weighted by molar-refractivity contribution is 7.20. The Hall–Kier alpha value is -1.53. The number of nitrogens with one attached hydrogen (secondary N) is 2. The fraction of sp³-hybridized carbons (Fsp3) is 0.500. The molecular formula is C18H18F2N2OS. The molecule has 1 aliphatic heterocycles. The molecule has 4 fully saturated rings. The van der Waals surface area contributed by atoms with Crippen LogP contribution in [0.5, 0.6) is 0 Å². The predicted octanol–water partition coefficient (Wildman–Crippen LogP) is 3.44. The van der Waals surface area contributed by atoms with Crippen molar-refractivity contribution in [2.24, 2.45) is 11.8 Å². The number of fused-ring (bicyclic) bond motifs is 3. The first-order valence-electron chi connectivity index (χ1n) is 8.52. The molecule has 2 atom stereocenters. The number of hydrogen-bond donors (Lipinski definition) is 2. The van der Waals surface area contributed by atoms with Gasteiger partial charge in [0.2, 0.25) is 0 Å². The van der Waals surface area contributed by atoms with Gasteiger partial charge < -0.3 is 10.6 Å². The van der Waals surface area contributed by atoms with Gasteiger partial charge in [-0.15, -0.1) is 11.3 Å². The molecule has 2 bridgehead atoms. The van der Waals surface area contributed by atoms with Gasteiger partial charge >= 0.3 is 0 Å². The summed E-state index contributed by atoms with van der Waals surface area (Å²) in [5.41, 5.74) is 0.0882. The largest absolute Gasteiger partial charge is 0.346 e. The summed E-state index contributed by atoms with van der Waals surface area (Å²) in [5.74, 6) is -0.725. The van der Waals surface area contributed by atoms with Crippen LogP contribution in [0.15, 0.2) is 18.2 Å². The summed E-state index contributed by atoms with van der Waals surface area (Å²) < 4.78 is 27.5. The average molecular weight is 348 g/mol. The van der Waals surface area contributed by atoms with E-state index in [4.69, 9.17) is 0 Å². The molecule has 6 rings (SSSR count). The van der Waals surface area contributed by atoms with E-state index in [1.54, 1.807) is 6.07 Å². The van der Waals surface area contributed by atoms with Crippen molar-refractivity contribution >= 4 is 27.3 Å². The smallest absolute Gasteiger partial charge is 0.261 e. The first kappa shape index (κ1) is 14.8. The Bertz CT molecular complexity index is 837. The number of thiophene rings is 1. The highest BCUT2D eigenvalue weighted by Gasteiger charge is 2.61. The maximum absolute atomic E-state index is 13.9. The van der Waals surface area contributed by atoms with Crippen LogP contribution < -0.4 is 10.6 Å². The van der Waals surface area contributed by atoms with Crippen molar-refractivity contribution in [1.82, 2.24) is 10.6 Å². The Morgan fingerprint density at radius 2 is 2.00 bits per heavy atom. The van der Waals surface area contributed by atoms with Crippen LogP contribution in [0.3, 0.4) is 0 Å². The van der Waals surface area contributed by atoms with Gasteiger partial charge in [0.15, 0.2) is 11.6 Å². The van der Waals surface area contributed by atoms with Crippen molar-refractivity contribution < 1.29 is 13.6 Å². The van der Waals surface area contributed by atoms with Crippen molar-refractivity contribution in [2.45, 2.75) is 37.3 Å². The van der Waals surface area contributed by atoms with Crippen LogP contribution in [0.25, 0.3) is 10.1 Å². The number of amides is 1. The maximum Gasteiger partial charge on any atom is 0.261 e. The van der Waals surface area contributed by atoms with Gasteiger partial charge in [-0.2, -0.15) is 0 Å². The van der Waals surface area contributed by atoms with Gasteiger partial charge in [0.05, 0.1) is 21.2 Å². The Morgan fingerprint density at radius 3 is 2.71 bits per heavy atom. The fourth-order valence-corrected chi connectivity index (χ4v) is 5.86. The first-order chi connectivity index (χ1) is 11.6. The highest BCUT2D eigenvalue weighted by atomic mass is 32.1. The summed E-state index contributed by atoms with van der Waals surface area (Å²) in [4.78, 5) is 13.2. The molecule has 1 spiro atoms. The molecule has 1 aromatic carbocycles. The Balaban J connectivity index is 1.44. The van der Waals surface area contributed by atoms with Crippen molar-refractivity contribution in [1.29, 1.82) is 0 Å². The van der Waals surface area contributed by atoms with E-state index in [0.717, 1.165) is 23.9 Å². The molecule has 3 saturated carbocycles. The Morgan fingerprint density at radius 1 is 1.25 bits per heavy atom. The summed E-state index contributed by atoms with van der Waals surface area (Å²) >= 11 is 1.03. The Kier molecular flexibility index (Phi) is 3.07. The number of hydrogen-bond acceptors (Lipinski definition) is 3. The SMILES string of the molecule is O=C(NC1C2CCC(CC2)[C@@]12CN2)c1cc2ccc(F)c(F)c2s1. The van der Waals surface area contributed by atoms with Crippen LogP contribution in [0.1, 0.15) is 35.4 Å². The van der Waals surface area contributed by atoms with Gasteiger partial charge in [0.1, 0.15) is 0 Å². The monoisotopic (exact) mass is 348 g/mol. The van der Waals surface area contributed by atoms with Crippen molar-refractivity contribution in [3.8, 4) is 0 Å². The first-order valence-corrected chi connectivity index (χ1v) is 9.33. The second kappa shape index (κ2) is 4.99. The fourth-order valence-electron chi connectivity index (χ4n) is 4.87. The molecule has 4 aliphatic rings. The maximum atomic E-state index is 13.9. The van der Waals surface area contributed by atoms with Crippen molar-refractivity contribution in [3.63, 3.8) is 0 Å². The second-order valence-corrected chi connectivity index (χ2v) is 8.40. The average Bonchev–Trinajstić information content (AvgIpc) is 3.24. The van der Waals surface area contributed by atoms with Crippen LogP contribution in [0.2, 0.25) is 0 Å². The number of halogens is 2. The number of carbonyl (C=O) groups excluding carboxylic acids is 1. The molecule has 1 aromatic heterocycles. The van der Waals surface area contributed by atoms with E-state index >= 15 is 0 Å². The number of rotatable bonds is 2. The van der Waals surface area contributed by atoms with E-state index in [1.807, 2.05) is 0 Å². The van der Waals surface area contributed by atoms with Gasteiger partial charge in [0, 0.05) is 6.54 Å². The highest BCUT2D eigenvalue weighted by Crippen LogP contribution is 2.51. The third-order valence-corrected chi connectivity index (χ3v) is 7.34. The van der Waals surface area contributed by atoms with E-state index in [-0.39, 0.29) is 22.2 Å². The predicted molar refractivity (Wildman–Crippen MR) is 89.2 cm³/mol. The van der Waals surface area contributed by atoms with E-state index in [1.165, 1.54) is 31.7 Å². The summed E-state index contributed by atoms with van der Waals surface area (Å²) in [6, 6.07) is 4.44. The summed E-state index contributed by atoms with van der Waals surface area (Å²) in [7, 11) is 0. The number of benzene rings is 1. The summed E-state index contributed by atoms with van der Waals surface area (Å²) in [6.07, 6.45) is 4.84. The molecular weight excluding hydrogens is 330 g/mol. The molecule has 2 heterocycles. The van der Waals surface area contributed by atoms with Gasteiger partial charge in [-0.05, 0) is 55.0 Å². The normalized spacial score (nSPS) is 34.0. The lowest BCUT2D eigenvalue weighted by Crippen LogP contribution is -2.60. The minimum Gasteiger partial charge on any atom is -0.346 e. The molecule has 1 saturated heterocycles. The zero-order valence-electron chi connectivity index (χ0n) is 13.1. The molecule has 2 aromatic rings. The molecule has 1 unspecified atom stereocenters. The van der Waals surface area contributed by atoms with Gasteiger partial charge in [-0.3, -0.25) is 4.79 Å².